The highest BCUT2D eigenvalue weighted by atomic mass is 32.1. The first-order chi connectivity index (χ1) is 13.1. The van der Waals surface area contributed by atoms with E-state index in [1.807, 2.05) is 18.2 Å². The lowest BCUT2D eigenvalue weighted by molar-refractivity contribution is -0.117. The molecule has 2 aromatic rings. The zero-order valence-electron chi connectivity index (χ0n) is 15.4. The molecule has 0 atom stereocenters. The third-order valence-corrected chi connectivity index (χ3v) is 6.52. The van der Waals surface area contributed by atoms with E-state index in [-0.39, 0.29) is 5.91 Å². The molecular weight excluding hydrogens is 358 g/mol. The van der Waals surface area contributed by atoms with Crippen LogP contribution in [0.2, 0.25) is 0 Å². The van der Waals surface area contributed by atoms with Crippen LogP contribution in [0.4, 0.5) is 5.00 Å². The zero-order chi connectivity index (χ0) is 18.8. The fraction of sp³-hybridized carbons (Fsp3) is 0.429. The lowest BCUT2D eigenvalue weighted by Crippen LogP contribution is -2.34. The van der Waals surface area contributed by atoms with E-state index < -0.39 is 5.91 Å². The molecule has 5 nitrogen and oxygen atoms in total. The van der Waals surface area contributed by atoms with Gasteiger partial charge in [-0.1, -0.05) is 30.3 Å². The van der Waals surface area contributed by atoms with Crippen LogP contribution in [0.15, 0.2) is 30.3 Å². The second kappa shape index (κ2) is 7.82. The summed E-state index contributed by atoms with van der Waals surface area (Å²) in [4.78, 5) is 28.1. The van der Waals surface area contributed by atoms with Gasteiger partial charge in [-0.05, 0) is 49.7 Å². The maximum Gasteiger partial charge on any atom is 0.251 e. The summed E-state index contributed by atoms with van der Waals surface area (Å²) in [6.07, 6.45) is 6.33. The molecule has 2 aliphatic rings. The van der Waals surface area contributed by atoms with E-state index >= 15 is 0 Å². The average Bonchev–Trinajstić information content (AvgIpc) is 3.43. The van der Waals surface area contributed by atoms with Crippen molar-refractivity contribution in [3.8, 4) is 0 Å². The van der Waals surface area contributed by atoms with Gasteiger partial charge in [0.25, 0.3) is 5.91 Å². The number of anilines is 1. The quantitative estimate of drug-likeness (QED) is 0.770. The summed E-state index contributed by atoms with van der Waals surface area (Å²) in [5, 5.41) is 3.62. The third kappa shape index (κ3) is 4.22. The highest BCUT2D eigenvalue weighted by Crippen LogP contribution is 2.38. The van der Waals surface area contributed by atoms with Crippen LogP contribution < -0.4 is 11.1 Å². The number of fused-ring (bicyclic) bond motifs is 1. The van der Waals surface area contributed by atoms with E-state index in [1.54, 1.807) is 0 Å². The van der Waals surface area contributed by atoms with Crippen LogP contribution in [-0.4, -0.2) is 29.3 Å². The van der Waals surface area contributed by atoms with Crippen LogP contribution in [-0.2, 0) is 24.2 Å². The number of thiophene rings is 1. The number of nitrogens with zero attached hydrogens (tertiary/aromatic N) is 1. The van der Waals surface area contributed by atoms with E-state index in [0.29, 0.717) is 23.2 Å². The third-order valence-electron chi connectivity index (χ3n) is 5.31. The standard InChI is InChI=1S/C21H25N3O2S/c22-20(26)19-16-8-4-5-9-17(16)27-21(19)23-18(25)13-24(15-10-11-15)12-14-6-2-1-3-7-14/h1-3,6-7,15H,4-5,8-13H2,(H2,22,26)(H,23,25). The lowest BCUT2D eigenvalue weighted by Gasteiger charge is -2.21. The summed E-state index contributed by atoms with van der Waals surface area (Å²) in [5.41, 5.74) is 8.42. The van der Waals surface area contributed by atoms with Crippen LogP contribution in [0.25, 0.3) is 0 Å². The van der Waals surface area contributed by atoms with Gasteiger partial charge >= 0.3 is 0 Å². The molecule has 6 heteroatoms. The number of nitrogens with one attached hydrogen (secondary N) is 1. The molecule has 0 saturated heterocycles. The van der Waals surface area contributed by atoms with Gasteiger partial charge in [-0.3, -0.25) is 14.5 Å². The van der Waals surface area contributed by atoms with Crippen molar-refractivity contribution in [2.24, 2.45) is 5.73 Å². The van der Waals surface area contributed by atoms with Crippen LogP contribution in [0, 0.1) is 0 Å². The number of amides is 2. The number of benzene rings is 1. The number of carbonyl (C=O) groups excluding carboxylic acids is 2. The van der Waals surface area contributed by atoms with Crippen molar-refractivity contribution < 1.29 is 9.59 Å². The second-order valence-electron chi connectivity index (χ2n) is 7.45. The predicted octanol–water partition coefficient (Wildman–Crippen LogP) is 3.33. The Morgan fingerprint density at radius 3 is 2.59 bits per heavy atom. The summed E-state index contributed by atoms with van der Waals surface area (Å²) >= 11 is 1.52. The monoisotopic (exact) mass is 383 g/mol. The summed E-state index contributed by atoms with van der Waals surface area (Å²) < 4.78 is 0. The molecule has 1 heterocycles. The number of rotatable bonds is 7. The minimum atomic E-state index is -0.437. The van der Waals surface area contributed by atoms with E-state index in [9.17, 15) is 9.59 Å². The van der Waals surface area contributed by atoms with E-state index in [0.717, 1.165) is 50.6 Å². The Morgan fingerprint density at radius 2 is 1.89 bits per heavy atom. The van der Waals surface area contributed by atoms with Crippen molar-refractivity contribution in [2.75, 3.05) is 11.9 Å². The fourth-order valence-electron chi connectivity index (χ4n) is 3.84. The van der Waals surface area contributed by atoms with Crippen LogP contribution in [0.1, 0.15) is 52.0 Å². The van der Waals surface area contributed by atoms with Crippen molar-refractivity contribution in [2.45, 2.75) is 51.1 Å². The highest BCUT2D eigenvalue weighted by Gasteiger charge is 2.31. The van der Waals surface area contributed by atoms with E-state index in [4.69, 9.17) is 5.73 Å². The van der Waals surface area contributed by atoms with E-state index in [1.165, 1.54) is 21.8 Å². The summed E-state index contributed by atoms with van der Waals surface area (Å²) in [6.45, 7) is 1.10. The van der Waals surface area contributed by atoms with Gasteiger partial charge in [-0.2, -0.15) is 0 Å². The molecule has 4 rings (SSSR count). The molecule has 1 fully saturated rings. The Kier molecular flexibility index (Phi) is 5.27. The molecule has 1 saturated carbocycles. The zero-order valence-corrected chi connectivity index (χ0v) is 16.2. The van der Waals surface area contributed by atoms with Crippen molar-refractivity contribution in [3.05, 3.63) is 51.9 Å². The Hall–Kier alpha value is -2.18. The van der Waals surface area contributed by atoms with Crippen molar-refractivity contribution >= 4 is 28.2 Å². The van der Waals surface area contributed by atoms with Gasteiger partial charge in [0.15, 0.2) is 0 Å². The van der Waals surface area contributed by atoms with Crippen molar-refractivity contribution in [3.63, 3.8) is 0 Å². The summed E-state index contributed by atoms with van der Waals surface area (Å²) in [5.74, 6) is -0.507. The first kappa shape index (κ1) is 18.2. The molecule has 1 aromatic carbocycles. The Balaban J connectivity index is 1.47. The van der Waals surface area contributed by atoms with Gasteiger partial charge in [-0.25, -0.2) is 0 Å². The van der Waals surface area contributed by atoms with Crippen LogP contribution in [0.3, 0.4) is 0 Å². The minimum absolute atomic E-state index is 0.0704. The van der Waals surface area contributed by atoms with Crippen LogP contribution >= 0.6 is 11.3 Å². The first-order valence-corrected chi connectivity index (χ1v) is 10.5. The predicted molar refractivity (Wildman–Crippen MR) is 108 cm³/mol. The molecule has 142 valence electrons. The highest BCUT2D eigenvalue weighted by molar-refractivity contribution is 7.17. The normalized spacial score (nSPS) is 16.2. The molecular formula is C21H25N3O2S. The SMILES string of the molecule is NC(=O)c1c(NC(=O)CN(Cc2ccccc2)C2CC2)sc2c1CCCC2. The number of carbonyl (C=O) groups is 2. The lowest BCUT2D eigenvalue weighted by atomic mass is 9.95. The number of aryl methyl sites for hydroxylation is 1. The van der Waals surface area contributed by atoms with Gasteiger partial charge in [-0.15, -0.1) is 11.3 Å². The van der Waals surface area contributed by atoms with E-state index in [2.05, 4.69) is 22.3 Å². The van der Waals surface area contributed by atoms with Crippen molar-refractivity contribution in [1.82, 2.24) is 4.90 Å². The van der Waals surface area contributed by atoms with Crippen LogP contribution in [0.5, 0.6) is 0 Å². The van der Waals surface area contributed by atoms with Gasteiger partial charge in [0.2, 0.25) is 5.91 Å². The molecule has 0 aliphatic heterocycles. The largest absolute Gasteiger partial charge is 0.365 e. The molecule has 1 aromatic heterocycles. The van der Waals surface area contributed by atoms with Gasteiger partial charge in [0.05, 0.1) is 12.1 Å². The molecule has 2 amide bonds. The number of hydrogen-bond acceptors (Lipinski definition) is 4. The molecule has 0 radical (unpaired) electrons. The maximum atomic E-state index is 12.7. The minimum Gasteiger partial charge on any atom is -0.365 e. The maximum absolute atomic E-state index is 12.7. The average molecular weight is 384 g/mol. The number of nitrogens with two attached hydrogens (primary N) is 1. The summed E-state index contributed by atoms with van der Waals surface area (Å²) in [7, 11) is 0. The first-order valence-electron chi connectivity index (χ1n) is 9.64. The number of primary amides is 1. The molecule has 0 bridgehead atoms. The molecule has 0 spiro atoms. The van der Waals surface area contributed by atoms with Gasteiger partial charge < -0.3 is 11.1 Å². The summed E-state index contributed by atoms with van der Waals surface area (Å²) in [6, 6.07) is 10.7. The Morgan fingerprint density at radius 1 is 1.15 bits per heavy atom. The van der Waals surface area contributed by atoms with Gasteiger partial charge in [0, 0.05) is 17.5 Å². The topological polar surface area (TPSA) is 75.4 Å². The molecule has 0 unspecified atom stereocenters. The van der Waals surface area contributed by atoms with Crippen molar-refractivity contribution in [1.29, 1.82) is 0 Å². The molecule has 2 aliphatic carbocycles. The number of hydrogen-bond donors (Lipinski definition) is 2. The van der Waals surface area contributed by atoms with Gasteiger partial charge in [0.1, 0.15) is 5.00 Å². The Labute approximate surface area is 163 Å². The molecule has 27 heavy (non-hydrogen) atoms. The molecule has 3 N–H and O–H groups in total. The second-order valence-corrected chi connectivity index (χ2v) is 8.55. The Bertz CT molecular complexity index is 843. The smallest absolute Gasteiger partial charge is 0.251 e. The fourth-order valence-corrected chi connectivity index (χ4v) is 5.15.